The van der Waals surface area contributed by atoms with Crippen molar-refractivity contribution in [3.8, 4) is 11.3 Å². The molecule has 32 heavy (non-hydrogen) atoms. The molecule has 1 aromatic carbocycles. The molecule has 4 aromatic rings. The molecule has 0 bridgehead atoms. The molecule has 0 saturated heterocycles. The second-order valence-electron chi connectivity index (χ2n) is 8.11. The molecule has 3 aromatic heterocycles. The normalized spacial score (nSPS) is 11.3. The summed E-state index contributed by atoms with van der Waals surface area (Å²) in [4.78, 5) is 33.1. The van der Waals surface area contributed by atoms with Crippen molar-refractivity contribution in [2.75, 3.05) is 0 Å². The Kier molecular flexibility index (Phi) is 5.84. The zero-order valence-electron chi connectivity index (χ0n) is 18.4. The number of aryl methyl sites for hydroxylation is 2. The van der Waals surface area contributed by atoms with Gasteiger partial charge in [0.2, 0.25) is 0 Å². The number of nitrogens with zero attached hydrogens (tertiary/aromatic N) is 3. The first-order chi connectivity index (χ1) is 15.2. The molecule has 164 valence electrons. The molecule has 0 saturated carbocycles. The molecule has 0 aliphatic carbocycles. The van der Waals surface area contributed by atoms with Gasteiger partial charge in [-0.1, -0.05) is 23.7 Å². The largest absolute Gasteiger partial charge is 0.348 e. The van der Waals surface area contributed by atoms with Crippen molar-refractivity contribution < 1.29 is 4.79 Å². The summed E-state index contributed by atoms with van der Waals surface area (Å²) >= 11 is 6.18. The highest BCUT2D eigenvalue weighted by Crippen LogP contribution is 2.27. The summed E-state index contributed by atoms with van der Waals surface area (Å²) in [7, 11) is 0. The summed E-state index contributed by atoms with van der Waals surface area (Å²) < 4.78 is 1.79. The Morgan fingerprint density at radius 1 is 1.22 bits per heavy atom. The Bertz CT molecular complexity index is 1390. The van der Waals surface area contributed by atoms with Gasteiger partial charge >= 0.3 is 0 Å². The minimum absolute atomic E-state index is 0.0688. The highest BCUT2D eigenvalue weighted by Gasteiger charge is 2.19. The van der Waals surface area contributed by atoms with Crippen molar-refractivity contribution in [3.63, 3.8) is 0 Å². The lowest BCUT2D eigenvalue weighted by Crippen LogP contribution is -2.28. The molecule has 3 heterocycles. The lowest BCUT2D eigenvalue weighted by Gasteiger charge is -2.12. The molecule has 1 amide bonds. The van der Waals surface area contributed by atoms with Crippen LogP contribution in [0.2, 0.25) is 5.02 Å². The van der Waals surface area contributed by atoms with E-state index < -0.39 is 0 Å². The fraction of sp³-hybridized carbons (Fsp3) is 0.250. The van der Waals surface area contributed by atoms with Gasteiger partial charge in [0.25, 0.3) is 11.5 Å². The Morgan fingerprint density at radius 3 is 2.69 bits per heavy atom. The Balaban J connectivity index is 1.77. The molecule has 8 heteroatoms. The monoisotopic (exact) mass is 449 g/mol. The number of nitrogens with one attached hydrogen (secondary N) is 2. The van der Waals surface area contributed by atoms with Crippen LogP contribution in [0.15, 0.2) is 47.4 Å². The smallest absolute Gasteiger partial charge is 0.253 e. The average molecular weight is 450 g/mol. The van der Waals surface area contributed by atoms with Gasteiger partial charge in [0, 0.05) is 34.4 Å². The third-order valence-electron chi connectivity index (χ3n) is 5.34. The second-order valence-corrected chi connectivity index (χ2v) is 8.55. The molecular formula is C24H24ClN5O2. The van der Waals surface area contributed by atoms with E-state index in [0.29, 0.717) is 32.9 Å². The van der Waals surface area contributed by atoms with Crippen LogP contribution >= 0.6 is 11.6 Å². The van der Waals surface area contributed by atoms with Gasteiger partial charge in [0.15, 0.2) is 5.65 Å². The van der Waals surface area contributed by atoms with Gasteiger partial charge in [0.1, 0.15) is 0 Å². The van der Waals surface area contributed by atoms with Crippen LogP contribution in [0.3, 0.4) is 0 Å². The Morgan fingerprint density at radius 2 is 2.00 bits per heavy atom. The molecule has 0 atom stereocenters. The fourth-order valence-corrected chi connectivity index (χ4v) is 3.93. The molecule has 4 rings (SSSR count). The van der Waals surface area contributed by atoms with Gasteiger partial charge in [-0.25, -0.2) is 9.67 Å². The highest BCUT2D eigenvalue weighted by molar-refractivity contribution is 6.30. The molecule has 0 unspecified atom stereocenters. The maximum atomic E-state index is 13.2. The van der Waals surface area contributed by atoms with E-state index in [1.165, 1.54) is 0 Å². The number of benzene rings is 1. The van der Waals surface area contributed by atoms with Gasteiger partial charge in [-0.2, -0.15) is 5.10 Å². The maximum Gasteiger partial charge on any atom is 0.253 e. The molecule has 0 radical (unpaired) electrons. The van der Waals surface area contributed by atoms with Crippen LogP contribution in [0.4, 0.5) is 0 Å². The van der Waals surface area contributed by atoms with E-state index >= 15 is 0 Å². The fourth-order valence-electron chi connectivity index (χ4n) is 3.74. The number of hydrogen-bond acceptors (Lipinski definition) is 4. The van der Waals surface area contributed by atoms with Gasteiger partial charge in [-0.15, -0.1) is 0 Å². The molecule has 0 spiro atoms. The summed E-state index contributed by atoms with van der Waals surface area (Å²) in [5.41, 5.74) is 4.43. The first kappa shape index (κ1) is 21.8. The van der Waals surface area contributed by atoms with Crippen molar-refractivity contribution in [1.29, 1.82) is 0 Å². The minimum Gasteiger partial charge on any atom is -0.348 e. The third kappa shape index (κ3) is 4.16. The number of rotatable bonds is 5. The van der Waals surface area contributed by atoms with Crippen molar-refractivity contribution in [1.82, 2.24) is 25.1 Å². The van der Waals surface area contributed by atoms with Crippen LogP contribution in [-0.2, 0) is 6.54 Å². The number of hydrogen-bond donors (Lipinski definition) is 2. The second kappa shape index (κ2) is 8.59. The van der Waals surface area contributed by atoms with Crippen LogP contribution < -0.4 is 10.9 Å². The predicted octanol–water partition coefficient (Wildman–Crippen LogP) is 4.57. The first-order valence-corrected chi connectivity index (χ1v) is 10.7. The number of aromatic nitrogens is 4. The van der Waals surface area contributed by atoms with Crippen molar-refractivity contribution in [2.24, 2.45) is 0 Å². The van der Waals surface area contributed by atoms with Crippen LogP contribution in [-0.4, -0.2) is 25.7 Å². The SMILES string of the molecule is Cc1cc(C)c(CNC(=O)c2cc(-c3cccc(Cl)c3)nc3c2cnn3C(C)C)c(=O)[nH]1. The zero-order chi connectivity index (χ0) is 23.0. The van der Waals surface area contributed by atoms with Crippen LogP contribution in [0.25, 0.3) is 22.3 Å². The van der Waals surface area contributed by atoms with Crippen molar-refractivity contribution >= 4 is 28.5 Å². The third-order valence-corrected chi connectivity index (χ3v) is 5.58. The quantitative estimate of drug-likeness (QED) is 0.466. The standard InChI is InChI=1S/C24H24ClN5O2/c1-13(2)30-22-20(12-27-30)18(10-21(29-22)16-6-5-7-17(25)9-16)23(31)26-11-19-14(3)8-15(4)28-24(19)32/h5-10,12-13H,11H2,1-4H3,(H,26,31)(H,28,32). The molecule has 0 aliphatic rings. The average Bonchev–Trinajstić information content (AvgIpc) is 3.16. The molecule has 0 fully saturated rings. The molecule has 0 aliphatic heterocycles. The predicted molar refractivity (Wildman–Crippen MR) is 126 cm³/mol. The number of halogens is 1. The first-order valence-electron chi connectivity index (χ1n) is 10.4. The van der Waals surface area contributed by atoms with Crippen LogP contribution in [0.5, 0.6) is 0 Å². The van der Waals surface area contributed by atoms with Gasteiger partial charge in [0.05, 0.1) is 22.8 Å². The van der Waals surface area contributed by atoms with Gasteiger partial charge < -0.3 is 10.3 Å². The number of carbonyl (C=O) groups is 1. The number of fused-ring (bicyclic) bond motifs is 1. The highest BCUT2D eigenvalue weighted by atomic mass is 35.5. The summed E-state index contributed by atoms with van der Waals surface area (Å²) in [6, 6.07) is 11.0. The van der Waals surface area contributed by atoms with Gasteiger partial charge in [-0.3, -0.25) is 9.59 Å². The van der Waals surface area contributed by atoms with E-state index in [1.54, 1.807) is 23.0 Å². The van der Waals surface area contributed by atoms with E-state index in [2.05, 4.69) is 15.4 Å². The minimum atomic E-state index is -0.302. The molecule has 2 N–H and O–H groups in total. The lowest BCUT2D eigenvalue weighted by molar-refractivity contribution is 0.0952. The molecule has 7 nitrogen and oxygen atoms in total. The topological polar surface area (TPSA) is 92.7 Å². The number of H-pyrrole nitrogens is 1. The lowest BCUT2D eigenvalue weighted by atomic mass is 10.1. The van der Waals surface area contributed by atoms with E-state index in [9.17, 15) is 9.59 Å². The van der Waals surface area contributed by atoms with Crippen molar-refractivity contribution in [2.45, 2.75) is 40.3 Å². The van der Waals surface area contributed by atoms with Crippen LogP contribution in [0.1, 0.15) is 47.1 Å². The van der Waals surface area contributed by atoms with Gasteiger partial charge in [-0.05, 0) is 57.5 Å². The summed E-state index contributed by atoms with van der Waals surface area (Å²) in [6.07, 6.45) is 1.66. The maximum absolute atomic E-state index is 13.2. The molecular weight excluding hydrogens is 426 g/mol. The number of amides is 1. The number of carbonyl (C=O) groups excluding carboxylic acids is 1. The summed E-state index contributed by atoms with van der Waals surface area (Å²) in [5, 5.41) is 8.56. The zero-order valence-corrected chi connectivity index (χ0v) is 19.1. The Labute approximate surface area is 190 Å². The van der Waals surface area contributed by atoms with Crippen molar-refractivity contribution in [3.05, 3.63) is 80.4 Å². The Hall–Kier alpha value is -3.45. The number of pyridine rings is 2. The summed E-state index contributed by atoms with van der Waals surface area (Å²) in [6.45, 7) is 7.82. The van der Waals surface area contributed by atoms with E-state index in [0.717, 1.165) is 16.8 Å². The van der Waals surface area contributed by atoms with E-state index in [4.69, 9.17) is 16.6 Å². The number of aromatic amines is 1. The van der Waals surface area contributed by atoms with Crippen LogP contribution in [0, 0.1) is 13.8 Å². The van der Waals surface area contributed by atoms with E-state index in [-0.39, 0.29) is 24.1 Å². The van der Waals surface area contributed by atoms with E-state index in [1.807, 2.05) is 52.0 Å². The summed E-state index contributed by atoms with van der Waals surface area (Å²) in [5.74, 6) is -0.302.